The number of nitrogens with one attached hydrogen (secondary N) is 1. The lowest BCUT2D eigenvalue weighted by molar-refractivity contribution is 0.416. The first-order valence-electron chi connectivity index (χ1n) is 6.59. The van der Waals surface area contributed by atoms with Crippen molar-refractivity contribution in [2.75, 3.05) is 12.8 Å². The molecule has 3 rings (SSSR count). The van der Waals surface area contributed by atoms with Gasteiger partial charge in [-0.1, -0.05) is 18.2 Å². The number of H-pyrrole nitrogens is 1. The predicted molar refractivity (Wildman–Crippen MR) is 81.9 cm³/mol. The van der Waals surface area contributed by atoms with Crippen LogP contribution in [0.25, 0.3) is 22.4 Å². The molecule has 0 aliphatic carbocycles. The number of hydrogen-bond donors (Lipinski definition) is 2. The fourth-order valence-corrected chi connectivity index (χ4v) is 2.43. The Morgan fingerprint density at radius 3 is 2.67 bits per heavy atom. The first-order chi connectivity index (χ1) is 10.1. The molecule has 2 heterocycles. The van der Waals surface area contributed by atoms with Crippen molar-refractivity contribution in [2.45, 2.75) is 6.92 Å². The predicted octanol–water partition coefficient (Wildman–Crippen LogP) is 2.38. The number of aromatic nitrogens is 4. The smallest absolute Gasteiger partial charge is 0.130 e. The Bertz CT molecular complexity index is 787. The monoisotopic (exact) mass is 283 g/mol. The average molecular weight is 283 g/mol. The van der Waals surface area contributed by atoms with Crippen LogP contribution >= 0.6 is 0 Å². The summed E-state index contributed by atoms with van der Waals surface area (Å²) >= 11 is 0. The third-order valence-electron chi connectivity index (χ3n) is 3.55. The zero-order chi connectivity index (χ0) is 15.0. The number of methoxy groups -OCH3 is 1. The molecule has 0 spiro atoms. The Balaban J connectivity index is 2.30. The van der Waals surface area contributed by atoms with Gasteiger partial charge in [-0.3, -0.25) is 9.78 Å². The highest BCUT2D eigenvalue weighted by molar-refractivity contribution is 5.90. The van der Waals surface area contributed by atoms with Crippen LogP contribution in [0.2, 0.25) is 0 Å². The van der Waals surface area contributed by atoms with Crippen LogP contribution in [0, 0.1) is 6.92 Å². The molecule has 0 aliphatic heterocycles. The number of hydrogen-bond acceptors (Lipinski definition) is 4. The van der Waals surface area contributed by atoms with E-state index < -0.39 is 0 Å². The maximum atomic E-state index is 6.23. The normalized spacial score (nSPS) is 10.8. The summed E-state index contributed by atoms with van der Waals surface area (Å²) in [5.74, 6) is 1.36. The molecule has 6 nitrogen and oxygen atoms in total. The van der Waals surface area contributed by atoms with Gasteiger partial charge in [-0.15, -0.1) is 0 Å². The van der Waals surface area contributed by atoms with E-state index in [1.165, 1.54) is 0 Å². The number of nitrogen functional groups attached to an aromatic ring is 1. The zero-order valence-corrected chi connectivity index (χ0v) is 12.2. The van der Waals surface area contributed by atoms with Crippen molar-refractivity contribution in [3.63, 3.8) is 0 Å². The lowest BCUT2D eigenvalue weighted by Gasteiger charge is -2.09. The first-order valence-corrected chi connectivity index (χ1v) is 6.59. The molecule has 0 atom stereocenters. The molecule has 108 valence electrons. The van der Waals surface area contributed by atoms with Crippen molar-refractivity contribution < 1.29 is 4.74 Å². The van der Waals surface area contributed by atoms with Gasteiger partial charge in [-0.25, -0.2) is 0 Å². The number of nitrogens with two attached hydrogens (primary N) is 1. The summed E-state index contributed by atoms with van der Waals surface area (Å²) < 4.78 is 7.12. The quantitative estimate of drug-likeness (QED) is 0.773. The van der Waals surface area contributed by atoms with Crippen LogP contribution in [0.5, 0.6) is 5.75 Å². The van der Waals surface area contributed by atoms with Crippen LogP contribution in [0.15, 0.2) is 30.5 Å². The van der Waals surface area contributed by atoms with Gasteiger partial charge in [0.25, 0.3) is 0 Å². The first kappa shape index (κ1) is 13.2. The van der Waals surface area contributed by atoms with Gasteiger partial charge in [-0.2, -0.15) is 10.2 Å². The van der Waals surface area contributed by atoms with Gasteiger partial charge in [0, 0.05) is 23.9 Å². The zero-order valence-electron chi connectivity index (χ0n) is 12.2. The third-order valence-corrected chi connectivity index (χ3v) is 3.55. The molecular formula is C15H17N5O. The molecule has 0 saturated heterocycles. The molecule has 2 aromatic heterocycles. The van der Waals surface area contributed by atoms with E-state index in [-0.39, 0.29) is 0 Å². The Morgan fingerprint density at radius 2 is 2.00 bits per heavy atom. The van der Waals surface area contributed by atoms with E-state index in [2.05, 4.69) is 15.3 Å². The number of nitrogens with zero attached hydrogens (tertiary/aromatic N) is 3. The van der Waals surface area contributed by atoms with E-state index in [0.717, 1.165) is 33.8 Å². The standard InChI is InChI=1S/C15H17N5O/c1-9-11(8-17-18-9)14-13(15(16)20(2)19-14)10-6-4-5-7-12(10)21-3/h4-8H,16H2,1-3H3,(H,17,18). The lowest BCUT2D eigenvalue weighted by Crippen LogP contribution is -1.98. The molecule has 0 saturated carbocycles. The van der Waals surface area contributed by atoms with Crippen molar-refractivity contribution in [3.8, 4) is 28.1 Å². The van der Waals surface area contributed by atoms with E-state index >= 15 is 0 Å². The summed E-state index contributed by atoms with van der Waals surface area (Å²) in [5.41, 5.74) is 10.7. The van der Waals surface area contributed by atoms with Crippen molar-refractivity contribution in [1.82, 2.24) is 20.0 Å². The molecule has 21 heavy (non-hydrogen) atoms. The summed E-state index contributed by atoms with van der Waals surface area (Å²) in [6.45, 7) is 1.96. The van der Waals surface area contributed by atoms with Crippen molar-refractivity contribution in [2.24, 2.45) is 7.05 Å². The Kier molecular flexibility index (Phi) is 3.13. The van der Waals surface area contributed by atoms with E-state index in [1.807, 2.05) is 38.2 Å². The SMILES string of the molecule is COc1ccccc1-c1c(-c2cn[nH]c2C)nn(C)c1N. The summed E-state index contributed by atoms with van der Waals surface area (Å²) in [7, 11) is 3.47. The molecule has 0 aliphatic rings. The largest absolute Gasteiger partial charge is 0.496 e. The van der Waals surface area contributed by atoms with E-state index in [1.54, 1.807) is 18.0 Å². The minimum atomic E-state index is 0.593. The van der Waals surface area contributed by atoms with E-state index in [9.17, 15) is 0 Å². The summed E-state index contributed by atoms with van der Waals surface area (Å²) in [6, 6.07) is 7.77. The third kappa shape index (κ3) is 2.05. The van der Waals surface area contributed by atoms with Crippen LogP contribution in [-0.4, -0.2) is 27.1 Å². The average Bonchev–Trinajstić information content (AvgIpc) is 3.03. The molecule has 1 aromatic carbocycles. The minimum Gasteiger partial charge on any atom is -0.496 e. The Labute approximate surface area is 122 Å². The molecule has 0 unspecified atom stereocenters. The molecule has 0 amide bonds. The highest BCUT2D eigenvalue weighted by Crippen LogP contribution is 2.40. The lowest BCUT2D eigenvalue weighted by atomic mass is 10.0. The minimum absolute atomic E-state index is 0.593. The fraction of sp³-hybridized carbons (Fsp3) is 0.200. The van der Waals surface area contributed by atoms with Crippen LogP contribution < -0.4 is 10.5 Å². The van der Waals surface area contributed by atoms with Crippen molar-refractivity contribution in [3.05, 3.63) is 36.2 Å². The molecule has 3 aromatic rings. The van der Waals surface area contributed by atoms with E-state index in [0.29, 0.717) is 5.82 Å². The fourth-order valence-electron chi connectivity index (χ4n) is 2.43. The molecule has 0 fully saturated rings. The van der Waals surface area contributed by atoms with Crippen molar-refractivity contribution in [1.29, 1.82) is 0 Å². The second-order valence-electron chi connectivity index (χ2n) is 4.84. The maximum Gasteiger partial charge on any atom is 0.130 e. The van der Waals surface area contributed by atoms with Crippen molar-refractivity contribution >= 4 is 5.82 Å². The van der Waals surface area contributed by atoms with Crippen LogP contribution in [0.3, 0.4) is 0 Å². The van der Waals surface area contributed by atoms with Crippen LogP contribution in [-0.2, 0) is 7.05 Å². The second kappa shape index (κ2) is 4.97. The van der Waals surface area contributed by atoms with E-state index in [4.69, 9.17) is 10.5 Å². The molecule has 6 heteroatoms. The number of para-hydroxylation sites is 1. The Morgan fingerprint density at radius 1 is 1.24 bits per heavy atom. The summed E-state index contributed by atoms with van der Waals surface area (Å²) in [6.07, 6.45) is 1.76. The summed E-state index contributed by atoms with van der Waals surface area (Å²) in [4.78, 5) is 0. The maximum absolute atomic E-state index is 6.23. The Hall–Kier alpha value is -2.76. The van der Waals surface area contributed by atoms with Gasteiger partial charge < -0.3 is 10.5 Å². The molecule has 0 radical (unpaired) electrons. The van der Waals surface area contributed by atoms with Gasteiger partial charge in [0.15, 0.2) is 0 Å². The summed E-state index contributed by atoms with van der Waals surface area (Å²) in [5, 5.41) is 11.5. The number of rotatable bonds is 3. The van der Waals surface area contributed by atoms with Gasteiger partial charge in [0.2, 0.25) is 0 Å². The number of ether oxygens (including phenoxy) is 1. The highest BCUT2D eigenvalue weighted by atomic mass is 16.5. The van der Waals surface area contributed by atoms with Gasteiger partial charge in [0.05, 0.1) is 18.9 Å². The molecular weight excluding hydrogens is 266 g/mol. The van der Waals surface area contributed by atoms with Crippen LogP contribution in [0.4, 0.5) is 5.82 Å². The number of benzene rings is 1. The van der Waals surface area contributed by atoms with Gasteiger partial charge in [-0.05, 0) is 13.0 Å². The van der Waals surface area contributed by atoms with Gasteiger partial charge in [0.1, 0.15) is 17.3 Å². The topological polar surface area (TPSA) is 81.8 Å². The molecule has 3 N–H and O–H groups in total. The second-order valence-corrected chi connectivity index (χ2v) is 4.84. The van der Waals surface area contributed by atoms with Crippen LogP contribution in [0.1, 0.15) is 5.69 Å². The molecule has 0 bridgehead atoms. The van der Waals surface area contributed by atoms with Gasteiger partial charge >= 0.3 is 0 Å². The number of aromatic amines is 1. The number of aryl methyl sites for hydroxylation is 2. The highest BCUT2D eigenvalue weighted by Gasteiger charge is 2.21. The number of anilines is 1.